The summed E-state index contributed by atoms with van der Waals surface area (Å²) in [6.45, 7) is 7.78. The van der Waals surface area contributed by atoms with Gasteiger partial charge >= 0.3 is 12.1 Å². The number of ether oxygens (including phenoxy) is 3. The zero-order valence-electron chi connectivity index (χ0n) is 15.4. The van der Waals surface area contributed by atoms with Gasteiger partial charge in [0.2, 0.25) is 5.91 Å². The van der Waals surface area contributed by atoms with Crippen LogP contribution in [0.15, 0.2) is 12.7 Å². The molecule has 1 aliphatic heterocycles. The monoisotopic (exact) mass is 356 g/mol. The second kappa shape index (κ2) is 9.41. The van der Waals surface area contributed by atoms with Gasteiger partial charge in [0.25, 0.3) is 0 Å². The summed E-state index contributed by atoms with van der Waals surface area (Å²) in [5.41, 5.74) is -0.223. The second-order valence-corrected chi connectivity index (χ2v) is 6.77. The van der Waals surface area contributed by atoms with Crippen LogP contribution in [0.3, 0.4) is 0 Å². The van der Waals surface area contributed by atoms with Gasteiger partial charge in [0, 0.05) is 25.5 Å². The molecule has 0 aromatic rings. The Labute approximate surface area is 148 Å². The number of nitrogens with one attached hydrogen (secondary N) is 1. The molecule has 1 N–H and O–H groups in total. The van der Waals surface area contributed by atoms with Crippen molar-refractivity contribution in [3.63, 3.8) is 0 Å². The normalized spacial score (nSPS) is 20.1. The van der Waals surface area contributed by atoms with Gasteiger partial charge in [0.05, 0.1) is 19.8 Å². The van der Waals surface area contributed by atoms with Crippen LogP contribution in [0.1, 0.15) is 26.7 Å². The molecule has 1 saturated heterocycles. The molecule has 2 amide bonds. The number of alkyl carbamates (subject to hydrolysis) is 1. The van der Waals surface area contributed by atoms with Crippen molar-refractivity contribution in [2.24, 2.45) is 5.41 Å². The Morgan fingerprint density at radius 2 is 2.00 bits per heavy atom. The molecular formula is C17H28N2O6. The lowest BCUT2D eigenvalue weighted by atomic mass is 9.91. The van der Waals surface area contributed by atoms with Crippen molar-refractivity contribution in [3.05, 3.63) is 12.7 Å². The van der Waals surface area contributed by atoms with E-state index >= 15 is 0 Å². The minimum atomic E-state index is -0.702. The first-order chi connectivity index (χ1) is 11.7. The van der Waals surface area contributed by atoms with Gasteiger partial charge in [0.15, 0.2) is 0 Å². The number of nitrogens with zero attached hydrogens (tertiary/aromatic N) is 1. The lowest BCUT2D eigenvalue weighted by molar-refractivity contribution is -0.150. The molecule has 2 atom stereocenters. The van der Waals surface area contributed by atoms with Crippen LogP contribution in [0.5, 0.6) is 0 Å². The Kier molecular flexibility index (Phi) is 7.89. The van der Waals surface area contributed by atoms with Crippen LogP contribution < -0.4 is 5.32 Å². The van der Waals surface area contributed by atoms with E-state index in [-0.39, 0.29) is 31.2 Å². The molecule has 0 unspecified atom stereocenters. The topological polar surface area (TPSA) is 94.2 Å². The van der Waals surface area contributed by atoms with Gasteiger partial charge in [-0.2, -0.15) is 0 Å². The molecule has 1 fully saturated rings. The van der Waals surface area contributed by atoms with E-state index in [9.17, 15) is 14.4 Å². The smallest absolute Gasteiger partial charge is 0.407 e. The van der Waals surface area contributed by atoms with Crippen molar-refractivity contribution in [2.75, 3.05) is 33.9 Å². The molecular weight excluding hydrogens is 328 g/mol. The fraction of sp³-hybridized carbons (Fsp3) is 0.706. The summed E-state index contributed by atoms with van der Waals surface area (Å²) in [6.07, 6.45) is 1.92. The number of amides is 2. The fourth-order valence-corrected chi connectivity index (χ4v) is 2.61. The maximum Gasteiger partial charge on any atom is 0.407 e. The largest absolute Gasteiger partial charge is 0.467 e. The minimum Gasteiger partial charge on any atom is -0.467 e. The Hall–Kier alpha value is -2.09. The van der Waals surface area contributed by atoms with Gasteiger partial charge in [-0.25, -0.2) is 9.59 Å². The molecule has 8 nitrogen and oxygen atoms in total. The molecule has 1 aliphatic rings. The lowest BCUT2D eigenvalue weighted by Crippen LogP contribution is -2.46. The number of likely N-dealkylation sites (tertiary alicyclic amines) is 1. The summed E-state index contributed by atoms with van der Waals surface area (Å²) in [7, 11) is 2.79. The summed E-state index contributed by atoms with van der Waals surface area (Å²) >= 11 is 0. The maximum absolute atomic E-state index is 12.3. The zero-order valence-corrected chi connectivity index (χ0v) is 15.4. The van der Waals surface area contributed by atoms with E-state index in [4.69, 9.17) is 14.2 Å². The number of methoxy groups -OCH3 is 2. The number of hydrogen-bond donors (Lipinski definition) is 1. The predicted molar refractivity (Wildman–Crippen MR) is 90.9 cm³/mol. The van der Waals surface area contributed by atoms with Gasteiger partial charge in [-0.3, -0.25) is 4.79 Å². The van der Waals surface area contributed by atoms with Gasteiger partial charge in [-0.15, -0.1) is 6.58 Å². The van der Waals surface area contributed by atoms with E-state index in [2.05, 4.69) is 11.9 Å². The maximum atomic E-state index is 12.3. The molecule has 0 saturated carbocycles. The Morgan fingerprint density at radius 1 is 1.32 bits per heavy atom. The van der Waals surface area contributed by atoms with Gasteiger partial charge in [-0.1, -0.05) is 19.9 Å². The SMILES string of the molecule is C=CCC(C)(C)COC(=O)NCC(=O)N1C[C@@H](OC)C[C@H]1C(=O)OC. The molecule has 1 rings (SSSR count). The van der Waals surface area contributed by atoms with Crippen LogP contribution in [-0.4, -0.2) is 68.9 Å². The number of hydrogen-bond acceptors (Lipinski definition) is 6. The Balaban J connectivity index is 2.50. The summed E-state index contributed by atoms with van der Waals surface area (Å²) in [4.78, 5) is 37.3. The third-order valence-electron chi connectivity index (χ3n) is 4.06. The summed E-state index contributed by atoms with van der Waals surface area (Å²) in [5.74, 6) is -0.890. The minimum absolute atomic E-state index is 0.208. The fourth-order valence-electron chi connectivity index (χ4n) is 2.61. The first-order valence-corrected chi connectivity index (χ1v) is 8.15. The molecule has 0 aromatic carbocycles. The third-order valence-corrected chi connectivity index (χ3v) is 4.06. The van der Waals surface area contributed by atoms with Crippen molar-refractivity contribution in [3.8, 4) is 0 Å². The van der Waals surface area contributed by atoms with Crippen LogP contribution in [0, 0.1) is 5.41 Å². The number of allylic oxidation sites excluding steroid dienone is 1. The standard InChI is InChI=1S/C17H28N2O6/c1-6-7-17(2,3)11-25-16(22)18-9-14(20)19-10-12(23-4)8-13(19)15(21)24-5/h6,12-13H,1,7-11H2,2-5H3,(H,18,22)/t12-,13-/m0/s1. The van der Waals surface area contributed by atoms with Crippen LogP contribution in [0.25, 0.3) is 0 Å². The molecule has 0 spiro atoms. The lowest BCUT2D eigenvalue weighted by Gasteiger charge is -2.24. The van der Waals surface area contributed by atoms with Crippen LogP contribution >= 0.6 is 0 Å². The molecule has 142 valence electrons. The van der Waals surface area contributed by atoms with Crippen molar-refractivity contribution in [1.82, 2.24) is 10.2 Å². The van der Waals surface area contributed by atoms with Crippen molar-refractivity contribution in [2.45, 2.75) is 38.8 Å². The first-order valence-electron chi connectivity index (χ1n) is 8.15. The third kappa shape index (κ3) is 6.38. The van der Waals surface area contributed by atoms with Crippen molar-refractivity contribution in [1.29, 1.82) is 0 Å². The molecule has 8 heteroatoms. The average molecular weight is 356 g/mol. The number of carbonyl (C=O) groups is 3. The van der Waals surface area contributed by atoms with Gasteiger partial charge in [0.1, 0.15) is 12.6 Å². The molecule has 25 heavy (non-hydrogen) atoms. The van der Waals surface area contributed by atoms with E-state index in [0.29, 0.717) is 12.8 Å². The summed E-state index contributed by atoms with van der Waals surface area (Å²) in [5, 5.41) is 2.41. The van der Waals surface area contributed by atoms with Gasteiger partial charge in [-0.05, 0) is 6.42 Å². The highest BCUT2D eigenvalue weighted by Gasteiger charge is 2.40. The summed E-state index contributed by atoms with van der Waals surface area (Å²) in [6, 6.07) is -0.702. The number of rotatable bonds is 8. The highest BCUT2D eigenvalue weighted by Crippen LogP contribution is 2.22. The quantitative estimate of drug-likeness (QED) is 0.517. The molecule has 1 heterocycles. The molecule has 0 bridgehead atoms. The van der Waals surface area contributed by atoms with E-state index in [1.807, 2.05) is 13.8 Å². The van der Waals surface area contributed by atoms with Crippen LogP contribution in [0.4, 0.5) is 4.79 Å². The Bertz CT molecular complexity index is 505. The van der Waals surface area contributed by atoms with E-state index < -0.39 is 24.0 Å². The van der Waals surface area contributed by atoms with E-state index in [1.165, 1.54) is 19.1 Å². The molecule has 0 aliphatic carbocycles. The zero-order chi connectivity index (χ0) is 19.0. The molecule has 0 radical (unpaired) electrons. The first kappa shape index (κ1) is 21.0. The van der Waals surface area contributed by atoms with Crippen molar-refractivity contribution < 1.29 is 28.6 Å². The Morgan fingerprint density at radius 3 is 2.56 bits per heavy atom. The van der Waals surface area contributed by atoms with E-state index in [0.717, 1.165) is 0 Å². The highest BCUT2D eigenvalue weighted by atomic mass is 16.5. The highest BCUT2D eigenvalue weighted by molar-refractivity contribution is 5.88. The summed E-state index contributed by atoms with van der Waals surface area (Å²) < 4.78 is 15.1. The van der Waals surface area contributed by atoms with E-state index in [1.54, 1.807) is 6.08 Å². The molecule has 0 aromatic heterocycles. The van der Waals surface area contributed by atoms with Gasteiger partial charge < -0.3 is 24.4 Å². The average Bonchev–Trinajstić information content (AvgIpc) is 3.01. The second-order valence-electron chi connectivity index (χ2n) is 6.77. The number of carbonyl (C=O) groups excluding carboxylic acids is 3. The van der Waals surface area contributed by atoms with Crippen LogP contribution in [-0.2, 0) is 23.8 Å². The van der Waals surface area contributed by atoms with Crippen molar-refractivity contribution >= 4 is 18.0 Å². The van der Waals surface area contributed by atoms with Crippen LogP contribution in [0.2, 0.25) is 0 Å². The predicted octanol–water partition coefficient (Wildman–Crippen LogP) is 1.10. The number of esters is 1.